The van der Waals surface area contributed by atoms with E-state index in [1.807, 2.05) is 49.5 Å². The van der Waals surface area contributed by atoms with Gasteiger partial charge in [0.1, 0.15) is 0 Å². The van der Waals surface area contributed by atoms with Gasteiger partial charge in [0.25, 0.3) is 0 Å². The summed E-state index contributed by atoms with van der Waals surface area (Å²) in [5.41, 5.74) is 9.06. The van der Waals surface area contributed by atoms with Crippen molar-refractivity contribution in [3.05, 3.63) is 47.5 Å². The molecular weight excluding hydrogens is 262 g/mol. The topological polar surface area (TPSA) is 67.9 Å². The van der Waals surface area contributed by atoms with E-state index in [-0.39, 0.29) is 6.04 Å². The van der Waals surface area contributed by atoms with Crippen molar-refractivity contribution >= 4 is 5.95 Å². The van der Waals surface area contributed by atoms with E-state index in [0.29, 0.717) is 12.5 Å². The summed E-state index contributed by atoms with van der Waals surface area (Å²) >= 11 is 0. The van der Waals surface area contributed by atoms with Crippen LogP contribution in [0.15, 0.2) is 30.6 Å². The van der Waals surface area contributed by atoms with Crippen molar-refractivity contribution in [1.82, 2.24) is 15.0 Å². The Morgan fingerprint density at radius 2 is 1.95 bits per heavy atom. The molecule has 0 aliphatic heterocycles. The Balaban J connectivity index is 2.01. The fourth-order valence-electron chi connectivity index (χ4n) is 2.10. The fourth-order valence-corrected chi connectivity index (χ4v) is 2.10. The molecule has 0 spiro atoms. The predicted octanol–water partition coefficient (Wildman–Crippen LogP) is 2.10. The van der Waals surface area contributed by atoms with E-state index in [4.69, 9.17) is 5.73 Å². The van der Waals surface area contributed by atoms with Gasteiger partial charge in [-0.1, -0.05) is 13.0 Å². The zero-order valence-electron chi connectivity index (χ0n) is 13.0. The third-order valence-electron chi connectivity index (χ3n) is 3.40. The lowest BCUT2D eigenvalue weighted by Crippen LogP contribution is -2.22. The van der Waals surface area contributed by atoms with Crippen LogP contribution >= 0.6 is 0 Å². The van der Waals surface area contributed by atoms with Gasteiger partial charge >= 0.3 is 0 Å². The maximum absolute atomic E-state index is 5.94. The molecule has 0 bridgehead atoms. The second-order valence-electron chi connectivity index (χ2n) is 5.39. The summed E-state index contributed by atoms with van der Waals surface area (Å²) in [5.74, 6) is 0.701. The zero-order chi connectivity index (χ0) is 15.2. The lowest BCUT2D eigenvalue weighted by Gasteiger charge is -2.17. The molecule has 0 fully saturated rings. The highest BCUT2D eigenvalue weighted by Crippen LogP contribution is 2.10. The van der Waals surface area contributed by atoms with Crippen LogP contribution in [-0.2, 0) is 13.0 Å². The summed E-state index contributed by atoms with van der Waals surface area (Å²) in [4.78, 5) is 15.3. The number of anilines is 1. The molecule has 1 atom stereocenters. The van der Waals surface area contributed by atoms with Crippen LogP contribution in [0.2, 0.25) is 0 Å². The van der Waals surface area contributed by atoms with Crippen molar-refractivity contribution in [3.8, 4) is 0 Å². The molecule has 0 saturated heterocycles. The van der Waals surface area contributed by atoms with Crippen molar-refractivity contribution in [2.45, 2.75) is 39.3 Å². The monoisotopic (exact) mass is 285 g/mol. The highest BCUT2D eigenvalue weighted by molar-refractivity contribution is 5.30. The van der Waals surface area contributed by atoms with E-state index in [2.05, 4.69) is 21.9 Å². The fraction of sp³-hybridized carbons (Fsp3) is 0.438. The van der Waals surface area contributed by atoms with Crippen molar-refractivity contribution in [1.29, 1.82) is 0 Å². The van der Waals surface area contributed by atoms with Crippen LogP contribution in [0.1, 0.15) is 30.3 Å². The minimum Gasteiger partial charge on any atom is -0.338 e. The number of hydrogen-bond donors (Lipinski definition) is 1. The molecule has 0 aliphatic carbocycles. The maximum Gasteiger partial charge on any atom is 0.225 e. The summed E-state index contributed by atoms with van der Waals surface area (Å²) in [6, 6.07) is 6.19. The molecule has 5 nitrogen and oxygen atoms in total. The summed E-state index contributed by atoms with van der Waals surface area (Å²) in [7, 11) is 1.97. The molecular formula is C16H23N5. The quantitative estimate of drug-likeness (QED) is 0.880. The molecule has 0 amide bonds. The maximum atomic E-state index is 5.94. The molecule has 21 heavy (non-hydrogen) atoms. The SMILES string of the molecule is CCC(N)Cc1cnc(N(C)Cc2cccc(C)n2)nc1. The minimum absolute atomic E-state index is 0.175. The van der Waals surface area contributed by atoms with Gasteiger partial charge in [-0.3, -0.25) is 4.98 Å². The Morgan fingerprint density at radius 3 is 2.57 bits per heavy atom. The van der Waals surface area contributed by atoms with E-state index < -0.39 is 0 Å². The molecule has 1 unspecified atom stereocenters. The van der Waals surface area contributed by atoms with Crippen molar-refractivity contribution in [2.75, 3.05) is 11.9 Å². The number of pyridine rings is 1. The van der Waals surface area contributed by atoms with Crippen molar-refractivity contribution in [3.63, 3.8) is 0 Å². The van der Waals surface area contributed by atoms with Crippen LogP contribution in [-0.4, -0.2) is 28.0 Å². The average molecular weight is 285 g/mol. The average Bonchev–Trinajstić information content (AvgIpc) is 2.47. The van der Waals surface area contributed by atoms with Gasteiger partial charge in [0, 0.05) is 31.2 Å². The molecule has 2 aromatic heterocycles. The largest absolute Gasteiger partial charge is 0.338 e. The smallest absolute Gasteiger partial charge is 0.225 e. The Hall–Kier alpha value is -2.01. The predicted molar refractivity (Wildman–Crippen MR) is 85.1 cm³/mol. The van der Waals surface area contributed by atoms with Gasteiger partial charge < -0.3 is 10.6 Å². The van der Waals surface area contributed by atoms with Gasteiger partial charge in [-0.05, 0) is 37.5 Å². The molecule has 5 heteroatoms. The lowest BCUT2D eigenvalue weighted by molar-refractivity contribution is 0.643. The van der Waals surface area contributed by atoms with Crippen molar-refractivity contribution < 1.29 is 0 Å². The number of aromatic nitrogens is 3. The van der Waals surface area contributed by atoms with Gasteiger partial charge in [0.15, 0.2) is 0 Å². The van der Waals surface area contributed by atoms with E-state index >= 15 is 0 Å². The van der Waals surface area contributed by atoms with Gasteiger partial charge in [-0.15, -0.1) is 0 Å². The highest BCUT2D eigenvalue weighted by atomic mass is 15.2. The third-order valence-corrected chi connectivity index (χ3v) is 3.40. The van der Waals surface area contributed by atoms with Gasteiger partial charge in [-0.2, -0.15) is 0 Å². The van der Waals surface area contributed by atoms with Crippen LogP contribution in [0.3, 0.4) is 0 Å². The number of hydrogen-bond acceptors (Lipinski definition) is 5. The molecule has 2 aromatic rings. The molecule has 2 N–H and O–H groups in total. The summed E-state index contributed by atoms with van der Waals surface area (Å²) in [6.45, 7) is 4.77. The molecule has 2 rings (SSSR count). The summed E-state index contributed by atoms with van der Waals surface area (Å²) in [5, 5.41) is 0. The lowest BCUT2D eigenvalue weighted by atomic mass is 10.1. The Kier molecular flexibility index (Phi) is 5.22. The van der Waals surface area contributed by atoms with Crippen LogP contribution in [0.5, 0.6) is 0 Å². The number of nitrogens with zero attached hydrogens (tertiary/aromatic N) is 4. The minimum atomic E-state index is 0.175. The zero-order valence-corrected chi connectivity index (χ0v) is 13.0. The molecule has 2 heterocycles. The van der Waals surface area contributed by atoms with Crippen molar-refractivity contribution in [2.24, 2.45) is 5.73 Å². The Morgan fingerprint density at radius 1 is 1.24 bits per heavy atom. The molecule has 0 aliphatic rings. The van der Waals surface area contributed by atoms with E-state index in [0.717, 1.165) is 29.8 Å². The normalized spacial score (nSPS) is 12.2. The number of nitrogens with two attached hydrogens (primary N) is 1. The second kappa shape index (κ2) is 7.13. The standard InChI is InChI=1S/C16H23N5/c1-4-14(17)8-13-9-18-16(19-10-13)21(3)11-15-7-5-6-12(2)20-15/h5-7,9-10,14H,4,8,11,17H2,1-3H3. The van der Waals surface area contributed by atoms with E-state index in [1.165, 1.54) is 0 Å². The van der Waals surface area contributed by atoms with Crippen LogP contribution in [0, 0.1) is 6.92 Å². The molecule has 0 radical (unpaired) electrons. The second-order valence-corrected chi connectivity index (χ2v) is 5.39. The van der Waals surface area contributed by atoms with Crippen LogP contribution in [0.4, 0.5) is 5.95 Å². The first-order valence-electron chi connectivity index (χ1n) is 7.28. The highest BCUT2D eigenvalue weighted by Gasteiger charge is 2.07. The summed E-state index contributed by atoms with van der Waals surface area (Å²) in [6.07, 6.45) is 5.50. The first-order valence-corrected chi connectivity index (χ1v) is 7.28. The third kappa shape index (κ3) is 4.49. The van der Waals surface area contributed by atoms with Crippen LogP contribution < -0.4 is 10.6 Å². The Bertz CT molecular complexity index is 567. The summed E-state index contributed by atoms with van der Waals surface area (Å²) < 4.78 is 0. The van der Waals surface area contributed by atoms with Gasteiger partial charge in [-0.25, -0.2) is 9.97 Å². The number of aryl methyl sites for hydroxylation is 1. The Labute approximate surface area is 126 Å². The molecule has 112 valence electrons. The van der Waals surface area contributed by atoms with Gasteiger partial charge in [0.2, 0.25) is 5.95 Å². The first-order chi connectivity index (χ1) is 10.1. The van der Waals surface area contributed by atoms with E-state index in [1.54, 1.807) is 0 Å². The number of rotatable bonds is 6. The molecule has 0 saturated carbocycles. The van der Waals surface area contributed by atoms with Crippen LogP contribution in [0.25, 0.3) is 0 Å². The first kappa shape index (κ1) is 15.4. The molecule has 0 aromatic carbocycles. The van der Waals surface area contributed by atoms with Gasteiger partial charge in [0.05, 0.1) is 12.2 Å². The van der Waals surface area contributed by atoms with E-state index in [9.17, 15) is 0 Å².